The Morgan fingerprint density at radius 1 is 1.57 bits per heavy atom. The number of alkyl halides is 1. The number of benzene rings is 1. The highest BCUT2D eigenvalue weighted by atomic mass is 79.9. The van der Waals surface area contributed by atoms with Crippen LogP contribution in [0.2, 0.25) is 5.02 Å². The number of ketones is 1. The zero-order valence-electron chi connectivity index (χ0n) is 7.88. The molecule has 0 radical (unpaired) electrons. The van der Waals surface area contributed by atoms with Crippen molar-refractivity contribution in [3.05, 3.63) is 28.8 Å². The zero-order valence-corrected chi connectivity index (χ0v) is 10.2. The van der Waals surface area contributed by atoms with Gasteiger partial charge in [-0.1, -0.05) is 33.6 Å². The van der Waals surface area contributed by atoms with E-state index in [1.807, 2.05) is 0 Å². The molecule has 0 saturated carbocycles. The minimum absolute atomic E-state index is 0.0251. The molecule has 14 heavy (non-hydrogen) atoms. The van der Waals surface area contributed by atoms with Crippen LogP contribution in [0.15, 0.2) is 18.2 Å². The lowest BCUT2D eigenvalue weighted by Crippen LogP contribution is -2.01. The Hall–Kier alpha value is -0.540. The standard InChI is InChI=1S/C10H10BrClO2/c1-6(13)10(11)8-4-3-7(14-2)5-9(8)12/h3-5,10H,1-2H3. The summed E-state index contributed by atoms with van der Waals surface area (Å²) in [6.07, 6.45) is 0. The van der Waals surface area contributed by atoms with Crippen LogP contribution >= 0.6 is 27.5 Å². The summed E-state index contributed by atoms with van der Waals surface area (Å²) in [6.45, 7) is 1.51. The number of hydrogen-bond acceptors (Lipinski definition) is 2. The first-order valence-corrected chi connectivity index (χ1v) is 5.33. The normalized spacial score (nSPS) is 12.3. The van der Waals surface area contributed by atoms with Crippen molar-refractivity contribution >= 4 is 33.3 Å². The van der Waals surface area contributed by atoms with Crippen LogP contribution in [-0.2, 0) is 4.79 Å². The summed E-state index contributed by atoms with van der Waals surface area (Å²) in [7, 11) is 1.57. The molecule has 0 spiro atoms. The van der Waals surface area contributed by atoms with Crippen LogP contribution < -0.4 is 4.74 Å². The van der Waals surface area contributed by atoms with E-state index < -0.39 is 0 Å². The quantitative estimate of drug-likeness (QED) is 0.792. The molecule has 0 heterocycles. The second-order valence-corrected chi connectivity index (χ2v) is 4.18. The highest BCUT2D eigenvalue weighted by molar-refractivity contribution is 9.09. The largest absolute Gasteiger partial charge is 0.497 e. The fourth-order valence-corrected chi connectivity index (χ4v) is 1.87. The number of methoxy groups -OCH3 is 1. The number of ether oxygens (including phenoxy) is 1. The van der Waals surface area contributed by atoms with E-state index in [0.29, 0.717) is 10.8 Å². The lowest BCUT2D eigenvalue weighted by Gasteiger charge is -2.09. The van der Waals surface area contributed by atoms with Gasteiger partial charge in [0.15, 0.2) is 0 Å². The van der Waals surface area contributed by atoms with Gasteiger partial charge in [0, 0.05) is 5.02 Å². The Kier molecular flexibility index (Phi) is 3.96. The molecule has 0 aliphatic heterocycles. The fourth-order valence-electron chi connectivity index (χ4n) is 1.06. The lowest BCUT2D eigenvalue weighted by atomic mass is 10.1. The van der Waals surface area contributed by atoms with Crippen LogP contribution in [0.3, 0.4) is 0 Å². The predicted octanol–water partition coefficient (Wildman–Crippen LogP) is 3.37. The summed E-state index contributed by atoms with van der Waals surface area (Å²) >= 11 is 9.26. The third-order valence-electron chi connectivity index (χ3n) is 1.84. The molecule has 0 bridgehead atoms. The molecular weight excluding hydrogens is 267 g/mol. The third-order valence-corrected chi connectivity index (χ3v) is 3.30. The summed E-state index contributed by atoms with van der Waals surface area (Å²) in [4.78, 5) is 10.8. The van der Waals surface area contributed by atoms with Crippen molar-refractivity contribution in [3.8, 4) is 5.75 Å². The molecule has 1 rings (SSSR count). The van der Waals surface area contributed by atoms with E-state index in [9.17, 15) is 4.79 Å². The molecule has 1 atom stereocenters. The smallest absolute Gasteiger partial charge is 0.147 e. The third kappa shape index (κ3) is 2.49. The van der Waals surface area contributed by atoms with E-state index in [4.69, 9.17) is 16.3 Å². The van der Waals surface area contributed by atoms with Crippen molar-refractivity contribution in [2.75, 3.05) is 7.11 Å². The van der Waals surface area contributed by atoms with E-state index in [0.717, 1.165) is 5.56 Å². The minimum Gasteiger partial charge on any atom is -0.497 e. The van der Waals surface area contributed by atoms with Crippen molar-refractivity contribution in [3.63, 3.8) is 0 Å². The topological polar surface area (TPSA) is 26.3 Å². The highest BCUT2D eigenvalue weighted by Crippen LogP contribution is 2.32. The van der Waals surface area contributed by atoms with Gasteiger partial charge in [0.05, 0.1) is 11.9 Å². The van der Waals surface area contributed by atoms with Crippen molar-refractivity contribution in [2.45, 2.75) is 11.8 Å². The number of carbonyl (C=O) groups excluding carboxylic acids is 1. The fraction of sp³-hybridized carbons (Fsp3) is 0.300. The Morgan fingerprint density at radius 3 is 2.64 bits per heavy atom. The molecule has 0 aliphatic rings. The molecule has 1 unspecified atom stereocenters. The number of hydrogen-bond donors (Lipinski definition) is 0. The minimum atomic E-state index is -0.346. The van der Waals surface area contributed by atoms with Gasteiger partial charge in [-0.15, -0.1) is 0 Å². The lowest BCUT2D eigenvalue weighted by molar-refractivity contribution is -0.116. The molecule has 1 aromatic carbocycles. The van der Waals surface area contributed by atoms with Gasteiger partial charge in [-0.3, -0.25) is 4.79 Å². The molecule has 0 amide bonds. The maximum Gasteiger partial charge on any atom is 0.147 e. The SMILES string of the molecule is COc1ccc(C(Br)C(C)=O)c(Cl)c1. The molecule has 1 aromatic rings. The van der Waals surface area contributed by atoms with E-state index in [-0.39, 0.29) is 10.6 Å². The molecular formula is C10H10BrClO2. The predicted molar refractivity (Wildman–Crippen MR) is 60.4 cm³/mol. The number of Topliss-reactive ketones (excluding diaryl/α,β-unsaturated/α-hetero) is 1. The van der Waals surface area contributed by atoms with Crippen molar-refractivity contribution < 1.29 is 9.53 Å². The summed E-state index contributed by atoms with van der Waals surface area (Å²) in [6, 6.07) is 5.24. The van der Waals surface area contributed by atoms with Gasteiger partial charge in [0.25, 0.3) is 0 Å². The van der Waals surface area contributed by atoms with Gasteiger partial charge in [0.2, 0.25) is 0 Å². The first kappa shape index (κ1) is 11.5. The van der Waals surface area contributed by atoms with Crippen LogP contribution in [0.4, 0.5) is 0 Å². The van der Waals surface area contributed by atoms with Crippen LogP contribution in [0.5, 0.6) is 5.75 Å². The van der Waals surface area contributed by atoms with Gasteiger partial charge >= 0.3 is 0 Å². The first-order valence-electron chi connectivity index (χ1n) is 4.04. The Labute approximate surface area is 96.3 Å². The zero-order chi connectivity index (χ0) is 10.7. The highest BCUT2D eigenvalue weighted by Gasteiger charge is 2.15. The number of carbonyl (C=O) groups is 1. The van der Waals surface area contributed by atoms with Crippen molar-refractivity contribution in [1.82, 2.24) is 0 Å². The number of rotatable bonds is 3. The molecule has 4 heteroatoms. The van der Waals surface area contributed by atoms with Crippen LogP contribution in [0.25, 0.3) is 0 Å². The molecule has 0 aliphatic carbocycles. The van der Waals surface area contributed by atoms with Crippen LogP contribution in [0.1, 0.15) is 17.3 Å². The number of halogens is 2. The summed E-state index contributed by atoms with van der Waals surface area (Å²) < 4.78 is 5.01. The second-order valence-electron chi connectivity index (χ2n) is 2.86. The van der Waals surface area contributed by atoms with E-state index in [2.05, 4.69) is 15.9 Å². The van der Waals surface area contributed by atoms with Crippen LogP contribution in [0, 0.1) is 0 Å². The monoisotopic (exact) mass is 276 g/mol. The van der Waals surface area contributed by atoms with Gasteiger partial charge in [-0.25, -0.2) is 0 Å². The summed E-state index contributed by atoms with van der Waals surface area (Å²) in [5.74, 6) is 0.707. The van der Waals surface area contributed by atoms with Gasteiger partial charge in [-0.2, -0.15) is 0 Å². The molecule has 0 N–H and O–H groups in total. The maximum atomic E-state index is 11.1. The van der Waals surface area contributed by atoms with Crippen molar-refractivity contribution in [1.29, 1.82) is 0 Å². The Balaban J connectivity index is 3.05. The Morgan fingerprint density at radius 2 is 2.21 bits per heavy atom. The molecule has 0 saturated heterocycles. The maximum absolute atomic E-state index is 11.1. The van der Waals surface area contributed by atoms with Crippen LogP contribution in [-0.4, -0.2) is 12.9 Å². The molecule has 0 aromatic heterocycles. The molecule has 0 fully saturated rings. The van der Waals surface area contributed by atoms with E-state index >= 15 is 0 Å². The van der Waals surface area contributed by atoms with Crippen molar-refractivity contribution in [2.24, 2.45) is 0 Å². The first-order chi connectivity index (χ1) is 6.56. The summed E-state index contributed by atoms with van der Waals surface area (Å²) in [5.41, 5.74) is 0.764. The summed E-state index contributed by atoms with van der Waals surface area (Å²) in [5, 5.41) is 0.529. The molecule has 76 valence electrons. The molecule has 2 nitrogen and oxygen atoms in total. The van der Waals surface area contributed by atoms with E-state index in [1.54, 1.807) is 25.3 Å². The Bertz CT molecular complexity index is 352. The second kappa shape index (κ2) is 4.80. The average Bonchev–Trinajstić information content (AvgIpc) is 2.16. The van der Waals surface area contributed by atoms with E-state index in [1.165, 1.54) is 6.92 Å². The average molecular weight is 278 g/mol. The van der Waals surface area contributed by atoms with Gasteiger partial charge in [0.1, 0.15) is 11.5 Å². The van der Waals surface area contributed by atoms with Gasteiger partial charge < -0.3 is 4.74 Å². The van der Waals surface area contributed by atoms with Gasteiger partial charge in [-0.05, 0) is 24.6 Å².